The van der Waals surface area contributed by atoms with Gasteiger partial charge in [0, 0.05) is 38.1 Å². The highest BCUT2D eigenvalue weighted by Crippen LogP contribution is 2.30. The van der Waals surface area contributed by atoms with Crippen molar-refractivity contribution in [3.8, 4) is 0 Å². The van der Waals surface area contributed by atoms with Crippen LogP contribution >= 0.6 is 0 Å². The van der Waals surface area contributed by atoms with Crippen molar-refractivity contribution in [1.29, 1.82) is 0 Å². The lowest BCUT2D eigenvalue weighted by molar-refractivity contribution is 0.0599. The van der Waals surface area contributed by atoms with E-state index in [1.54, 1.807) is 18.3 Å². The second-order valence-corrected chi connectivity index (χ2v) is 7.53. The van der Waals surface area contributed by atoms with Gasteiger partial charge in [-0.15, -0.1) is 0 Å². The number of anilines is 5. The maximum absolute atomic E-state index is 12.1. The van der Waals surface area contributed by atoms with Gasteiger partial charge in [0.05, 0.1) is 25.3 Å². The third-order valence-electron chi connectivity index (χ3n) is 5.45. The minimum Gasteiger partial charge on any atom is -0.465 e. The summed E-state index contributed by atoms with van der Waals surface area (Å²) in [4.78, 5) is 41.5. The normalized spacial score (nSPS) is 13.4. The number of carbonyl (C=O) groups is 2. The van der Waals surface area contributed by atoms with Crippen LogP contribution in [0.15, 0.2) is 48.9 Å². The number of hydrogen-bond acceptors (Lipinski definition) is 11. The molecule has 0 bridgehead atoms. The van der Waals surface area contributed by atoms with E-state index in [4.69, 9.17) is 15.2 Å². The first kappa shape index (κ1) is 22.8. The van der Waals surface area contributed by atoms with Crippen molar-refractivity contribution >= 4 is 40.8 Å². The Hall–Kier alpha value is -4.41. The van der Waals surface area contributed by atoms with Crippen molar-refractivity contribution in [2.45, 2.75) is 0 Å². The molecule has 1 saturated heterocycles. The highest BCUT2D eigenvalue weighted by molar-refractivity contribution is 5.97. The predicted molar refractivity (Wildman–Crippen MR) is 128 cm³/mol. The number of hydrogen-bond donors (Lipinski definition) is 2. The van der Waals surface area contributed by atoms with Crippen LogP contribution in [0, 0.1) is 0 Å². The largest absolute Gasteiger partial charge is 0.465 e. The SMILES string of the molecule is COC(=O)c1cc(Nc2ncnc(N3CCN(c4ccccn4)CC3)c2N)cc(C(=O)OC)c1. The molecule has 3 N–H and O–H groups in total. The van der Waals surface area contributed by atoms with Gasteiger partial charge in [-0.3, -0.25) is 0 Å². The number of nitrogens with two attached hydrogens (primary N) is 1. The molecule has 3 aromatic rings. The summed E-state index contributed by atoms with van der Waals surface area (Å²) in [5.74, 6) is 0.726. The molecule has 11 heteroatoms. The zero-order chi connectivity index (χ0) is 24.1. The zero-order valence-electron chi connectivity index (χ0n) is 18.9. The van der Waals surface area contributed by atoms with Crippen LogP contribution in [0.1, 0.15) is 20.7 Å². The summed E-state index contributed by atoms with van der Waals surface area (Å²) in [6.07, 6.45) is 3.20. The second-order valence-electron chi connectivity index (χ2n) is 7.53. The summed E-state index contributed by atoms with van der Waals surface area (Å²) in [6.45, 7) is 2.96. The molecule has 0 radical (unpaired) electrons. The lowest BCUT2D eigenvalue weighted by atomic mass is 10.1. The Morgan fingerprint density at radius 3 is 2.15 bits per heavy atom. The van der Waals surface area contributed by atoms with E-state index in [1.807, 2.05) is 18.2 Å². The Bertz CT molecular complexity index is 1150. The van der Waals surface area contributed by atoms with Gasteiger partial charge < -0.3 is 30.3 Å². The maximum atomic E-state index is 12.1. The quantitative estimate of drug-likeness (QED) is 0.520. The van der Waals surface area contributed by atoms with E-state index >= 15 is 0 Å². The van der Waals surface area contributed by atoms with Gasteiger partial charge in [0.1, 0.15) is 17.8 Å². The molecule has 0 saturated carbocycles. The molecule has 0 atom stereocenters. The fraction of sp³-hybridized carbons (Fsp3) is 0.261. The number of nitrogen functional groups attached to an aromatic ring is 1. The number of nitrogens with zero attached hydrogens (tertiary/aromatic N) is 5. The smallest absolute Gasteiger partial charge is 0.337 e. The lowest BCUT2D eigenvalue weighted by Crippen LogP contribution is -2.47. The van der Waals surface area contributed by atoms with E-state index in [-0.39, 0.29) is 11.1 Å². The third-order valence-corrected chi connectivity index (χ3v) is 5.45. The first-order valence-corrected chi connectivity index (χ1v) is 10.6. The number of methoxy groups -OCH3 is 2. The van der Waals surface area contributed by atoms with E-state index < -0.39 is 11.9 Å². The number of carbonyl (C=O) groups excluding carboxylic acids is 2. The highest BCUT2D eigenvalue weighted by atomic mass is 16.5. The number of nitrogens with one attached hydrogen (secondary N) is 1. The van der Waals surface area contributed by atoms with Gasteiger partial charge in [0.2, 0.25) is 0 Å². The number of pyridine rings is 1. The highest BCUT2D eigenvalue weighted by Gasteiger charge is 2.22. The summed E-state index contributed by atoms with van der Waals surface area (Å²) >= 11 is 0. The molecule has 176 valence electrons. The molecule has 0 amide bonds. The second kappa shape index (κ2) is 10.0. The van der Waals surface area contributed by atoms with Crippen LogP contribution in [0.5, 0.6) is 0 Å². The van der Waals surface area contributed by atoms with Gasteiger partial charge in [-0.2, -0.15) is 0 Å². The van der Waals surface area contributed by atoms with Gasteiger partial charge in [-0.25, -0.2) is 24.5 Å². The summed E-state index contributed by atoms with van der Waals surface area (Å²) in [5, 5.41) is 3.09. The molecule has 2 aromatic heterocycles. The van der Waals surface area contributed by atoms with Crippen LogP contribution in [0.3, 0.4) is 0 Å². The predicted octanol–water partition coefficient (Wildman–Crippen LogP) is 2.10. The Balaban J connectivity index is 1.55. The summed E-state index contributed by atoms with van der Waals surface area (Å²) < 4.78 is 9.58. The number of piperazine rings is 1. The zero-order valence-corrected chi connectivity index (χ0v) is 18.9. The molecule has 34 heavy (non-hydrogen) atoms. The van der Waals surface area contributed by atoms with Crippen LogP contribution in [-0.4, -0.2) is 67.3 Å². The van der Waals surface area contributed by atoms with Crippen LogP contribution in [0.2, 0.25) is 0 Å². The van der Waals surface area contributed by atoms with Gasteiger partial charge in [0.15, 0.2) is 11.6 Å². The molecule has 1 aliphatic rings. The average Bonchev–Trinajstić information content (AvgIpc) is 2.89. The molecule has 0 aliphatic carbocycles. The summed E-state index contributed by atoms with van der Waals surface area (Å²) in [6, 6.07) is 10.3. The number of esters is 2. The number of aromatic nitrogens is 3. The van der Waals surface area contributed by atoms with Crippen LogP contribution in [0.25, 0.3) is 0 Å². The van der Waals surface area contributed by atoms with Crippen LogP contribution in [0.4, 0.5) is 28.8 Å². The number of rotatable bonds is 6. The van der Waals surface area contributed by atoms with Crippen LogP contribution < -0.4 is 20.9 Å². The molecule has 0 unspecified atom stereocenters. The Kier molecular flexibility index (Phi) is 6.72. The van der Waals surface area contributed by atoms with Crippen molar-refractivity contribution in [2.24, 2.45) is 0 Å². The number of benzene rings is 1. The van der Waals surface area contributed by atoms with Crippen molar-refractivity contribution < 1.29 is 19.1 Å². The minimum absolute atomic E-state index is 0.186. The Morgan fingerprint density at radius 1 is 0.912 bits per heavy atom. The maximum Gasteiger partial charge on any atom is 0.337 e. The number of ether oxygens (including phenoxy) is 2. The van der Waals surface area contributed by atoms with Gasteiger partial charge in [-0.05, 0) is 30.3 Å². The molecule has 11 nitrogen and oxygen atoms in total. The third kappa shape index (κ3) is 4.82. The van der Waals surface area contributed by atoms with E-state index in [1.165, 1.54) is 26.6 Å². The van der Waals surface area contributed by atoms with Gasteiger partial charge >= 0.3 is 11.9 Å². The van der Waals surface area contributed by atoms with E-state index in [9.17, 15) is 9.59 Å². The van der Waals surface area contributed by atoms with E-state index in [0.717, 1.165) is 18.9 Å². The Labute approximate surface area is 196 Å². The van der Waals surface area contributed by atoms with Crippen molar-refractivity contribution in [3.63, 3.8) is 0 Å². The summed E-state index contributed by atoms with van der Waals surface area (Å²) in [7, 11) is 2.53. The van der Waals surface area contributed by atoms with Gasteiger partial charge in [0.25, 0.3) is 0 Å². The minimum atomic E-state index is -0.587. The van der Waals surface area contributed by atoms with Crippen LogP contribution in [-0.2, 0) is 9.47 Å². The van der Waals surface area contributed by atoms with Gasteiger partial charge in [-0.1, -0.05) is 6.07 Å². The molecule has 1 fully saturated rings. The monoisotopic (exact) mass is 463 g/mol. The molecular weight excluding hydrogens is 438 g/mol. The standard InChI is InChI=1S/C23H25N7O4/c1-33-22(31)15-11-16(23(32)34-2)13-17(12-15)28-20-19(24)21(27-14-26-20)30-9-7-29(8-10-30)18-5-3-4-6-25-18/h3-6,11-14H,7-10,24H2,1-2H3,(H,26,27,28). The topological polar surface area (TPSA) is 136 Å². The molecule has 1 aromatic carbocycles. The first-order valence-electron chi connectivity index (χ1n) is 10.6. The lowest BCUT2D eigenvalue weighted by Gasteiger charge is -2.36. The molecule has 0 spiro atoms. The summed E-state index contributed by atoms with van der Waals surface area (Å²) in [5.41, 5.74) is 7.58. The fourth-order valence-corrected chi connectivity index (χ4v) is 3.73. The first-order chi connectivity index (χ1) is 16.5. The molecule has 3 heterocycles. The fourth-order valence-electron chi connectivity index (χ4n) is 3.73. The molecule has 1 aliphatic heterocycles. The Morgan fingerprint density at radius 2 is 1.56 bits per heavy atom. The van der Waals surface area contributed by atoms with Crippen molar-refractivity contribution in [3.05, 3.63) is 60.0 Å². The van der Waals surface area contributed by atoms with Crippen molar-refractivity contribution in [1.82, 2.24) is 15.0 Å². The van der Waals surface area contributed by atoms with E-state index in [2.05, 4.69) is 30.1 Å². The van der Waals surface area contributed by atoms with E-state index in [0.29, 0.717) is 36.1 Å². The molecule has 4 rings (SSSR count). The average molecular weight is 463 g/mol. The van der Waals surface area contributed by atoms with Crippen molar-refractivity contribution in [2.75, 3.05) is 61.2 Å². The molecular formula is C23H25N7O4.